The van der Waals surface area contributed by atoms with Gasteiger partial charge >= 0.3 is 5.97 Å². The van der Waals surface area contributed by atoms with Crippen LogP contribution in [-0.2, 0) is 15.9 Å². The number of ketones is 1. The minimum absolute atomic E-state index is 0.178. The molecule has 32 heavy (non-hydrogen) atoms. The molecule has 0 aliphatic rings. The van der Waals surface area contributed by atoms with Gasteiger partial charge in [-0.15, -0.1) is 11.8 Å². The fourth-order valence-electron chi connectivity index (χ4n) is 3.43. The lowest BCUT2D eigenvalue weighted by Gasteiger charge is -2.25. The number of benzene rings is 3. The molecule has 0 spiro atoms. The second kappa shape index (κ2) is 10.0. The second-order valence-electron chi connectivity index (χ2n) is 8.47. The standard InChI is InChI=1S/C27H28O4S/c1-27(2,3)23-16-21(32-17-18-11-13-20(30-4)14-12-18)15-22(26(29)31-5)24(23)25(28)19-9-7-6-8-10-19/h6-16H,17H2,1-5H3. The van der Waals surface area contributed by atoms with Crippen molar-refractivity contribution in [1.82, 2.24) is 0 Å². The van der Waals surface area contributed by atoms with E-state index >= 15 is 0 Å². The Morgan fingerprint density at radius 2 is 1.56 bits per heavy atom. The van der Waals surface area contributed by atoms with Crippen molar-refractivity contribution >= 4 is 23.5 Å². The maximum atomic E-state index is 13.5. The summed E-state index contributed by atoms with van der Waals surface area (Å²) >= 11 is 1.62. The van der Waals surface area contributed by atoms with Crippen molar-refractivity contribution in [3.63, 3.8) is 0 Å². The first-order chi connectivity index (χ1) is 15.2. The van der Waals surface area contributed by atoms with Gasteiger partial charge in [-0.3, -0.25) is 4.79 Å². The minimum atomic E-state index is -0.512. The molecule has 3 aromatic rings. The SMILES string of the molecule is COC(=O)c1cc(SCc2ccc(OC)cc2)cc(C(C)(C)C)c1C(=O)c1ccccc1. The second-order valence-corrected chi connectivity index (χ2v) is 9.52. The van der Waals surface area contributed by atoms with E-state index in [1.807, 2.05) is 69.3 Å². The largest absolute Gasteiger partial charge is 0.497 e. The number of ether oxygens (including phenoxy) is 2. The third-order valence-corrected chi connectivity index (χ3v) is 6.20. The lowest BCUT2D eigenvalue weighted by molar-refractivity contribution is 0.0597. The lowest BCUT2D eigenvalue weighted by Crippen LogP contribution is -2.22. The van der Waals surface area contributed by atoms with Gasteiger partial charge in [-0.2, -0.15) is 0 Å². The number of methoxy groups -OCH3 is 2. The average Bonchev–Trinajstić information content (AvgIpc) is 2.81. The van der Waals surface area contributed by atoms with Crippen LogP contribution in [0.5, 0.6) is 5.75 Å². The van der Waals surface area contributed by atoms with Crippen LogP contribution in [0, 0.1) is 0 Å². The van der Waals surface area contributed by atoms with Crippen molar-refractivity contribution in [3.8, 4) is 5.75 Å². The molecule has 0 bridgehead atoms. The van der Waals surface area contributed by atoms with E-state index < -0.39 is 5.97 Å². The maximum Gasteiger partial charge on any atom is 0.338 e. The highest BCUT2D eigenvalue weighted by Gasteiger charge is 2.29. The van der Waals surface area contributed by atoms with Gasteiger partial charge in [0.15, 0.2) is 5.78 Å². The van der Waals surface area contributed by atoms with Crippen LogP contribution >= 0.6 is 11.8 Å². The molecule has 4 nitrogen and oxygen atoms in total. The number of thioether (sulfide) groups is 1. The highest BCUT2D eigenvalue weighted by atomic mass is 32.2. The van der Waals surface area contributed by atoms with Gasteiger partial charge in [-0.05, 0) is 40.8 Å². The van der Waals surface area contributed by atoms with E-state index in [9.17, 15) is 9.59 Å². The number of esters is 1. The molecule has 0 saturated carbocycles. The first kappa shape index (κ1) is 23.6. The summed E-state index contributed by atoms with van der Waals surface area (Å²) in [5, 5.41) is 0. The molecular weight excluding hydrogens is 420 g/mol. The number of carbonyl (C=O) groups is 2. The van der Waals surface area contributed by atoms with Crippen molar-refractivity contribution in [2.24, 2.45) is 0 Å². The predicted octanol–water partition coefficient (Wildman–Crippen LogP) is 6.30. The molecule has 0 atom stereocenters. The lowest BCUT2D eigenvalue weighted by atomic mass is 9.80. The minimum Gasteiger partial charge on any atom is -0.497 e. The molecule has 0 saturated heterocycles. The summed E-state index contributed by atoms with van der Waals surface area (Å²) in [5.74, 6) is 0.843. The monoisotopic (exact) mass is 448 g/mol. The van der Waals surface area contributed by atoms with Crippen LogP contribution in [0.1, 0.15) is 58.2 Å². The normalized spacial score (nSPS) is 11.2. The van der Waals surface area contributed by atoms with Gasteiger partial charge < -0.3 is 9.47 Å². The smallest absolute Gasteiger partial charge is 0.338 e. The summed E-state index contributed by atoms with van der Waals surface area (Å²) in [5.41, 5.74) is 2.86. The van der Waals surface area contributed by atoms with Crippen molar-refractivity contribution in [2.75, 3.05) is 14.2 Å². The van der Waals surface area contributed by atoms with Crippen LogP contribution in [0.3, 0.4) is 0 Å². The number of rotatable bonds is 7. The van der Waals surface area contributed by atoms with Gasteiger partial charge in [0.2, 0.25) is 0 Å². The van der Waals surface area contributed by atoms with Gasteiger partial charge in [0.25, 0.3) is 0 Å². The predicted molar refractivity (Wildman–Crippen MR) is 129 cm³/mol. The number of hydrogen-bond donors (Lipinski definition) is 0. The molecule has 0 unspecified atom stereocenters. The summed E-state index contributed by atoms with van der Waals surface area (Å²) in [6, 6.07) is 20.7. The average molecular weight is 449 g/mol. The third-order valence-electron chi connectivity index (χ3n) is 5.15. The van der Waals surface area contributed by atoms with Crippen LogP contribution in [0.4, 0.5) is 0 Å². The van der Waals surface area contributed by atoms with Crippen molar-refractivity contribution in [2.45, 2.75) is 36.8 Å². The van der Waals surface area contributed by atoms with E-state index in [2.05, 4.69) is 0 Å². The first-order valence-corrected chi connectivity index (χ1v) is 11.4. The molecule has 3 rings (SSSR count). The van der Waals surface area contributed by atoms with Crippen LogP contribution in [0.25, 0.3) is 0 Å². The Kier molecular flexibility index (Phi) is 7.41. The summed E-state index contributed by atoms with van der Waals surface area (Å²) in [7, 11) is 2.98. The summed E-state index contributed by atoms with van der Waals surface area (Å²) in [4.78, 5) is 27.1. The summed E-state index contributed by atoms with van der Waals surface area (Å²) in [6.07, 6.45) is 0. The Morgan fingerprint density at radius 1 is 0.906 bits per heavy atom. The van der Waals surface area contributed by atoms with E-state index in [1.54, 1.807) is 37.1 Å². The first-order valence-electron chi connectivity index (χ1n) is 10.4. The van der Waals surface area contributed by atoms with E-state index in [0.29, 0.717) is 16.7 Å². The molecule has 0 heterocycles. The zero-order chi connectivity index (χ0) is 23.3. The number of carbonyl (C=O) groups excluding carboxylic acids is 2. The zero-order valence-corrected chi connectivity index (χ0v) is 19.9. The molecule has 3 aromatic carbocycles. The molecule has 166 valence electrons. The molecule has 0 radical (unpaired) electrons. The highest BCUT2D eigenvalue weighted by molar-refractivity contribution is 7.98. The fraction of sp³-hybridized carbons (Fsp3) is 0.259. The molecule has 0 aliphatic carbocycles. The molecule has 5 heteroatoms. The van der Waals surface area contributed by atoms with Crippen LogP contribution in [-0.4, -0.2) is 26.0 Å². The Balaban J connectivity index is 2.06. The fourth-order valence-corrected chi connectivity index (χ4v) is 4.36. The van der Waals surface area contributed by atoms with Gasteiger partial charge in [-0.25, -0.2) is 4.79 Å². The highest BCUT2D eigenvalue weighted by Crippen LogP contribution is 2.35. The van der Waals surface area contributed by atoms with E-state index in [0.717, 1.165) is 27.5 Å². The molecule has 0 aromatic heterocycles. The van der Waals surface area contributed by atoms with Crippen LogP contribution < -0.4 is 4.74 Å². The zero-order valence-electron chi connectivity index (χ0n) is 19.1. The van der Waals surface area contributed by atoms with E-state index in [1.165, 1.54) is 7.11 Å². The summed E-state index contributed by atoms with van der Waals surface area (Å²) < 4.78 is 10.3. The van der Waals surface area contributed by atoms with Gasteiger partial charge in [0.1, 0.15) is 5.75 Å². The maximum absolute atomic E-state index is 13.5. The molecule has 0 aliphatic heterocycles. The molecule has 0 amide bonds. The summed E-state index contributed by atoms with van der Waals surface area (Å²) in [6.45, 7) is 6.13. The van der Waals surface area contributed by atoms with Crippen molar-refractivity contribution < 1.29 is 19.1 Å². The Morgan fingerprint density at radius 3 is 2.12 bits per heavy atom. The van der Waals surface area contributed by atoms with Gasteiger partial charge in [-0.1, -0.05) is 63.2 Å². The van der Waals surface area contributed by atoms with Crippen LogP contribution in [0.2, 0.25) is 0 Å². The topological polar surface area (TPSA) is 52.6 Å². The Bertz CT molecular complexity index is 1100. The van der Waals surface area contributed by atoms with E-state index in [4.69, 9.17) is 9.47 Å². The van der Waals surface area contributed by atoms with Gasteiger partial charge in [0.05, 0.1) is 19.8 Å². The molecular formula is C27H28O4S. The molecule has 0 fully saturated rings. The van der Waals surface area contributed by atoms with Crippen molar-refractivity contribution in [3.05, 3.63) is 94.5 Å². The Hall–Kier alpha value is -3.05. The van der Waals surface area contributed by atoms with E-state index in [-0.39, 0.29) is 11.2 Å². The number of hydrogen-bond acceptors (Lipinski definition) is 5. The van der Waals surface area contributed by atoms with Gasteiger partial charge in [0, 0.05) is 21.8 Å². The Labute approximate surface area is 194 Å². The van der Waals surface area contributed by atoms with Crippen molar-refractivity contribution in [1.29, 1.82) is 0 Å². The third kappa shape index (κ3) is 5.40. The van der Waals surface area contributed by atoms with Crippen LogP contribution in [0.15, 0.2) is 71.6 Å². The molecule has 0 N–H and O–H groups in total. The quantitative estimate of drug-likeness (QED) is 0.241.